The molecule has 90 valence electrons. The van der Waals surface area contributed by atoms with Crippen LogP contribution in [0.25, 0.3) is 10.2 Å². The third kappa shape index (κ3) is 1.96. The Morgan fingerprint density at radius 3 is 2.83 bits per heavy atom. The summed E-state index contributed by atoms with van der Waals surface area (Å²) in [6.45, 7) is 0.674. The van der Waals surface area contributed by atoms with Gasteiger partial charge in [0.15, 0.2) is 5.43 Å². The van der Waals surface area contributed by atoms with E-state index in [0.29, 0.717) is 6.54 Å². The highest BCUT2D eigenvalue weighted by molar-refractivity contribution is 7.17. The predicted molar refractivity (Wildman–Crippen MR) is 76.6 cm³/mol. The molecule has 0 bridgehead atoms. The second kappa shape index (κ2) is 4.59. The molecule has 0 radical (unpaired) electrons. The average molecular weight is 276 g/mol. The van der Waals surface area contributed by atoms with Crippen molar-refractivity contribution in [1.29, 1.82) is 0 Å². The second-order valence-corrected chi connectivity index (χ2v) is 5.36. The van der Waals surface area contributed by atoms with E-state index in [-0.39, 0.29) is 5.43 Å². The molecule has 2 aromatic heterocycles. The Morgan fingerprint density at radius 1 is 1.17 bits per heavy atom. The smallest absolute Gasteiger partial charge is 0.199 e. The van der Waals surface area contributed by atoms with Gasteiger partial charge in [0.1, 0.15) is 0 Å². The van der Waals surface area contributed by atoms with Crippen LogP contribution in [0.5, 0.6) is 0 Å². The lowest BCUT2D eigenvalue weighted by Gasteiger charge is -2.09. The summed E-state index contributed by atoms with van der Waals surface area (Å²) in [6.07, 6.45) is 1.82. The van der Waals surface area contributed by atoms with Gasteiger partial charge in [0.25, 0.3) is 0 Å². The van der Waals surface area contributed by atoms with Crippen molar-refractivity contribution < 1.29 is 0 Å². The van der Waals surface area contributed by atoms with Crippen LogP contribution in [0, 0.1) is 0 Å². The molecule has 3 aromatic rings. The Morgan fingerprint density at radius 2 is 2.00 bits per heavy atom. The number of halogens is 1. The van der Waals surface area contributed by atoms with Gasteiger partial charge in [0, 0.05) is 23.8 Å². The van der Waals surface area contributed by atoms with Crippen molar-refractivity contribution in [3.05, 3.63) is 68.8 Å². The minimum absolute atomic E-state index is 0.0791. The summed E-state index contributed by atoms with van der Waals surface area (Å²) in [5, 5.41) is 2.69. The van der Waals surface area contributed by atoms with Crippen LogP contribution in [0.2, 0.25) is 5.02 Å². The third-order valence-corrected chi connectivity index (χ3v) is 4.17. The summed E-state index contributed by atoms with van der Waals surface area (Å²) >= 11 is 7.63. The number of thiophene rings is 1. The molecule has 0 unspecified atom stereocenters. The van der Waals surface area contributed by atoms with E-state index in [0.717, 1.165) is 20.8 Å². The standard InChI is InChI=1S/C14H10ClNOS/c15-11-4-2-1-3-10(11)9-16-7-5-13(17)14-12(16)6-8-18-14/h1-8H,9H2. The zero-order valence-corrected chi connectivity index (χ0v) is 11.0. The fourth-order valence-electron chi connectivity index (χ4n) is 1.97. The summed E-state index contributed by atoms with van der Waals surface area (Å²) in [4.78, 5) is 11.7. The first-order chi connectivity index (χ1) is 8.75. The van der Waals surface area contributed by atoms with Gasteiger partial charge in [-0.2, -0.15) is 0 Å². The van der Waals surface area contributed by atoms with Crippen LogP contribution in [0.15, 0.2) is 52.8 Å². The molecule has 0 saturated heterocycles. The van der Waals surface area contributed by atoms with Crippen molar-refractivity contribution in [2.75, 3.05) is 0 Å². The van der Waals surface area contributed by atoms with E-state index in [1.807, 2.05) is 41.9 Å². The average Bonchev–Trinajstić information content (AvgIpc) is 2.85. The van der Waals surface area contributed by atoms with E-state index in [1.165, 1.54) is 11.3 Å². The minimum atomic E-state index is 0.0791. The van der Waals surface area contributed by atoms with Crippen LogP contribution in [0.4, 0.5) is 0 Å². The number of rotatable bonds is 2. The summed E-state index contributed by atoms with van der Waals surface area (Å²) in [7, 11) is 0. The Hall–Kier alpha value is -1.58. The highest BCUT2D eigenvalue weighted by atomic mass is 35.5. The Balaban J connectivity index is 2.11. The molecule has 3 rings (SSSR count). The van der Waals surface area contributed by atoms with Gasteiger partial charge in [-0.05, 0) is 23.1 Å². The van der Waals surface area contributed by atoms with Gasteiger partial charge in [-0.15, -0.1) is 11.3 Å². The number of hydrogen-bond donors (Lipinski definition) is 0. The molecule has 0 fully saturated rings. The molecular weight excluding hydrogens is 266 g/mol. The molecule has 0 aliphatic rings. The van der Waals surface area contributed by atoms with Gasteiger partial charge in [0.2, 0.25) is 0 Å². The van der Waals surface area contributed by atoms with E-state index in [4.69, 9.17) is 11.6 Å². The molecule has 4 heteroatoms. The Labute approximate surface area is 113 Å². The minimum Gasteiger partial charge on any atom is -0.342 e. The Kier molecular flexibility index (Phi) is 2.94. The first-order valence-corrected chi connectivity index (χ1v) is 6.81. The maximum Gasteiger partial charge on any atom is 0.199 e. The number of benzene rings is 1. The van der Waals surface area contributed by atoms with Crippen molar-refractivity contribution in [3.8, 4) is 0 Å². The molecule has 2 heterocycles. The topological polar surface area (TPSA) is 22.0 Å². The lowest BCUT2D eigenvalue weighted by atomic mass is 10.2. The molecule has 0 aliphatic heterocycles. The first kappa shape index (κ1) is 11.5. The highest BCUT2D eigenvalue weighted by Crippen LogP contribution is 2.20. The van der Waals surface area contributed by atoms with Crippen LogP contribution in [0.3, 0.4) is 0 Å². The zero-order valence-electron chi connectivity index (χ0n) is 9.47. The number of hydrogen-bond acceptors (Lipinski definition) is 2. The normalized spacial score (nSPS) is 10.9. The van der Waals surface area contributed by atoms with E-state index in [2.05, 4.69) is 4.57 Å². The number of pyridine rings is 1. The maximum absolute atomic E-state index is 11.7. The van der Waals surface area contributed by atoms with Crippen molar-refractivity contribution in [1.82, 2.24) is 4.57 Å². The fraction of sp³-hybridized carbons (Fsp3) is 0.0714. The first-order valence-electron chi connectivity index (χ1n) is 5.56. The summed E-state index contributed by atoms with van der Waals surface area (Å²) in [5.74, 6) is 0. The largest absolute Gasteiger partial charge is 0.342 e. The molecule has 2 nitrogen and oxygen atoms in total. The Bertz CT molecular complexity index is 760. The van der Waals surface area contributed by atoms with Crippen molar-refractivity contribution >= 4 is 33.2 Å². The SMILES string of the molecule is O=c1ccn(Cc2ccccc2Cl)c2ccsc12. The molecule has 0 aliphatic carbocycles. The third-order valence-electron chi connectivity index (χ3n) is 2.88. The van der Waals surface area contributed by atoms with Crippen LogP contribution in [-0.4, -0.2) is 4.57 Å². The maximum atomic E-state index is 11.7. The number of fused-ring (bicyclic) bond motifs is 1. The highest BCUT2D eigenvalue weighted by Gasteiger charge is 2.06. The van der Waals surface area contributed by atoms with E-state index < -0.39 is 0 Å². The van der Waals surface area contributed by atoms with Gasteiger partial charge in [-0.1, -0.05) is 29.8 Å². The lowest BCUT2D eigenvalue weighted by molar-refractivity contribution is 0.827. The zero-order chi connectivity index (χ0) is 12.5. The molecule has 0 spiro atoms. The fourth-order valence-corrected chi connectivity index (χ4v) is 2.99. The monoisotopic (exact) mass is 275 g/mol. The quantitative estimate of drug-likeness (QED) is 0.698. The van der Waals surface area contributed by atoms with E-state index in [9.17, 15) is 4.79 Å². The number of aromatic nitrogens is 1. The molecule has 0 amide bonds. The van der Waals surface area contributed by atoms with Crippen LogP contribution < -0.4 is 5.43 Å². The van der Waals surface area contributed by atoms with Gasteiger partial charge in [-0.3, -0.25) is 4.79 Å². The molecule has 0 saturated carbocycles. The molecule has 0 atom stereocenters. The molecule has 0 N–H and O–H groups in total. The molecule has 1 aromatic carbocycles. The van der Waals surface area contributed by atoms with E-state index >= 15 is 0 Å². The van der Waals surface area contributed by atoms with Crippen LogP contribution in [-0.2, 0) is 6.54 Å². The van der Waals surface area contributed by atoms with Gasteiger partial charge >= 0.3 is 0 Å². The summed E-state index contributed by atoms with van der Waals surface area (Å²) in [6, 6.07) is 11.3. The van der Waals surface area contributed by atoms with Crippen molar-refractivity contribution in [3.63, 3.8) is 0 Å². The van der Waals surface area contributed by atoms with Crippen molar-refractivity contribution in [2.24, 2.45) is 0 Å². The summed E-state index contributed by atoms with van der Waals surface area (Å²) in [5.41, 5.74) is 2.10. The summed E-state index contributed by atoms with van der Waals surface area (Å²) < 4.78 is 2.85. The van der Waals surface area contributed by atoms with Crippen LogP contribution in [0.1, 0.15) is 5.56 Å². The van der Waals surface area contributed by atoms with Gasteiger partial charge in [-0.25, -0.2) is 0 Å². The van der Waals surface area contributed by atoms with Crippen molar-refractivity contribution in [2.45, 2.75) is 6.54 Å². The second-order valence-electron chi connectivity index (χ2n) is 4.03. The predicted octanol–water partition coefficient (Wildman–Crippen LogP) is 3.76. The van der Waals surface area contributed by atoms with Crippen LogP contribution >= 0.6 is 22.9 Å². The molecule has 18 heavy (non-hydrogen) atoms. The molecular formula is C14H10ClNOS. The van der Waals surface area contributed by atoms with E-state index in [1.54, 1.807) is 6.07 Å². The van der Waals surface area contributed by atoms with Gasteiger partial charge < -0.3 is 4.57 Å². The van der Waals surface area contributed by atoms with Gasteiger partial charge in [0.05, 0.1) is 10.2 Å². The number of nitrogens with zero attached hydrogens (tertiary/aromatic N) is 1. The lowest BCUT2D eigenvalue weighted by Crippen LogP contribution is -2.07.